The molecule has 1 aliphatic heterocycles. The van der Waals surface area contributed by atoms with Gasteiger partial charge in [-0.15, -0.1) is 0 Å². The lowest BCUT2D eigenvalue weighted by Gasteiger charge is -2.28. The van der Waals surface area contributed by atoms with Crippen LogP contribution < -0.4 is 15.4 Å². The number of amides is 1. The molecule has 11 nitrogen and oxygen atoms in total. The third kappa shape index (κ3) is 5.22. The first-order valence-electron chi connectivity index (χ1n) is 12.7. The number of aromatic amines is 1. The zero-order valence-electron chi connectivity index (χ0n) is 22.8. The fourth-order valence-electron chi connectivity index (χ4n) is 4.65. The highest BCUT2D eigenvalue weighted by Crippen LogP contribution is 2.37. The molecule has 0 atom stereocenters. The molecule has 210 valence electrons. The Kier molecular flexibility index (Phi) is 7.68. The molecule has 4 aromatic rings. The van der Waals surface area contributed by atoms with Gasteiger partial charge in [0.1, 0.15) is 24.7 Å². The van der Waals surface area contributed by atoms with Crippen LogP contribution in [0, 0.1) is 6.92 Å². The minimum atomic E-state index is -0.464. The number of H-pyrrole nitrogens is 1. The molecule has 0 saturated heterocycles. The molecule has 0 radical (unpaired) electrons. The number of nitrogens with one attached hydrogen (secondary N) is 1. The zero-order chi connectivity index (χ0) is 29.3. The summed E-state index contributed by atoms with van der Waals surface area (Å²) in [6, 6.07) is 19.3. The molecule has 0 spiro atoms. The van der Waals surface area contributed by atoms with Gasteiger partial charge in [-0.05, 0) is 66.1 Å². The highest BCUT2D eigenvalue weighted by Gasteiger charge is 2.38. The summed E-state index contributed by atoms with van der Waals surface area (Å²) in [5, 5.41) is 20.6. The van der Waals surface area contributed by atoms with E-state index in [1.807, 2.05) is 44.1 Å². The van der Waals surface area contributed by atoms with Crippen LogP contribution in [0.15, 0.2) is 83.1 Å². The van der Waals surface area contributed by atoms with E-state index >= 15 is 0 Å². The van der Waals surface area contributed by atoms with Crippen LogP contribution in [0.3, 0.4) is 0 Å². The molecule has 0 bridgehead atoms. The Morgan fingerprint density at radius 1 is 0.902 bits per heavy atom. The van der Waals surface area contributed by atoms with Gasteiger partial charge in [-0.3, -0.25) is 30.1 Å². The molecular formula is C30H29N5O6. The van der Waals surface area contributed by atoms with E-state index in [1.165, 1.54) is 9.58 Å². The van der Waals surface area contributed by atoms with Gasteiger partial charge >= 0.3 is 0 Å². The molecule has 3 N–H and O–H groups in total. The predicted molar refractivity (Wildman–Crippen MR) is 156 cm³/mol. The number of carbonyl (C=O) groups is 1. The standard InChI is InChI=1S/C30H29N5O6/c1-18-15-24(33(3)4)13-14-25(18)31-27-19(2)26-28(34(30(27)37)22-9-5-20(6-10-22)16-40-38)32-35(29(26)36)23-11-7-21(8-12-23)17-41-39/h5-15,32,38-39H,2,16-17H2,1,3-4H3. The third-order valence-corrected chi connectivity index (χ3v) is 6.87. The van der Waals surface area contributed by atoms with Crippen molar-refractivity contribution < 1.29 is 25.1 Å². The highest BCUT2D eigenvalue weighted by molar-refractivity contribution is 6.61. The summed E-state index contributed by atoms with van der Waals surface area (Å²) in [5.41, 5.74) is 4.84. The lowest BCUT2D eigenvalue weighted by Crippen LogP contribution is -2.38. The fourth-order valence-corrected chi connectivity index (χ4v) is 4.65. The minimum absolute atomic E-state index is 0.00156. The molecule has 1 aromatic heterocycles. The number of anilines is 3. The molecule has 0 fully saturated rings. The smallest absolute Gasteiger partial charge is 0.283 e. The molecule has 1 aliphatic rings. The maximum Gasteiger partial charge on any atom is 0.283 e. The SMILES string of the molecule is C=C1C(=Nc2ccc(N(C)C)cc2C)C(=O)N(c2ccc(COO)cc2)c2[nH]n(-c3ccc(COO)cc3)c(=O)c21. The summed E-state index contributed by atoms with van der Waals surface area (Å²) in [7, 11) is 3.88. The van der Waals surface area contributed by atoms with Gasteiger partial charge in [0.2, 0.25) is 0 Å². The zero-order valence-corrected chi connectivity index (χ0v) is 22.8. The van der Waals surface area contributed by atoms with Crippen molar-refractivity contribution >= 4 is 40.1 Å². The molecule has 2 heterocycles. The average molecular weight is 556 g/mol. The lowest BCUT2D eigenvalue weighted by atomic mass is 9.98. The van der Waals surface area contributed by atoms with E-state index in [0.29, 0.717) is 28.2 Å². The van der Waals surface area contributed by atoms with Crippen LogP contribution in [0.5, 0.6) is 0 Å². The van der Waals surface area contributed by atoms with Crippen LogP contribution in [-0.2, 0) is 27.8 Å². The molecule has 3 aromatic carbocycles. The first-order chi connectivity index (χ1) is 19.7. The summed E-state index contributed by atoms with van der Waals surface area (Å²) >= 11 is 0. The van der Waals surface area contributed by atoms with Gasteiger partial charge < -0.3 is 4.90 Å². The van der Waals surface area contributed by atoms with Gasteiger partial charge in [0.15, 0.2) is 0 Å². The average Bonchev–Trinajstić information content (AvgIpc) is 3.30. The van der Waals surface area contributed by atoms with Crippen molar-refractivity contribution in [2.75, 3.05) is 23.9 Å². The summed E-state index contributed by atoms with van der Waals surface area (Å²) in [5.74, 6) is -0.217. The van der Waals surface area contributed by atoms with Crippen LogP contribution in [-0.4, -0.2) is 46.0 Å². The largest absolute Gasteiger partial charge is 0.378 e. The van der Waals surface area contributed by atoms with Gasteiger partial charge in [0.25, 0.3) is 11.5 Å². The maximum absolute atomic E-state index is 14.1. The minimum Gasteiger partial charge on any atom is -0.378 e. The Morgan fingerprint density at radius 3 is 2.02 bits per heavy atom. The van der Waals surface area contributed by atoms with Crippen molar-refractivity contribution in [3.05, 3.63) is 106 Å². The quantitative estimate of drug-likeness (QED) is 0.206. The predicted octanol–water partition coefficient (Wildman–Crippen LogP) is 4.98. The normalized spacial score (nSPS) is 14.1. The van der Waals surface area contributed by atoms with E-state index < -0.39 is 11.5 Å². The van der Waals surface area contributed by atoms with Crippen molar-refractivity contribution in [2.45, 2.75) is 20.1 Å². The first kappa shape index (κ1) is 27.7. The monoisotopic (exact) mass is 555 g/mol. The number of fused-ring (bicyclic) bond motifs is 1. The van der Waals surface area contributed by atoms with Gasteiger partial charge in [-0.1, -0.05) is 30.8 Å². The van der Waals surface area contributed by atoms with Crippen LogP contribution in [0.1, 0.15) is 22.3 Å². The number of hydrogen-bond acceptors (Lipinski definition) is 8. The highest BCUT2D eigenvalue weighted by atomic mass is 17.1. The van der Waals surface area contributed by atoms with Crippen LogP contribution >= 0.6 is 0 Å². The van der Waals surface area contributed by atoms with Crippen molar-refractivity contribution in [2.24, 2.45) is 4.99 Å². The molecule has 5 rings (SSSR count). The second kappa shape index (κ2) is 11.4. The molecule has 41 heavy (non-hydrogen) atoms. The van der Waals surface area contributed by atoms with Crippen molar-refractivity contribution in [1.82, 2.24) is 9.78 Å². The number of aryl methyl sites for hydroxylation is 1. The summed E-state index contributed by atoms with van der Waals surface area (Å²) in [6.07, 6.45) is 0. The van der Waals surface area contributed by atoms with Gasteiger partial charge in [-0.2, -0.15) is 0 Å². The van der Waals surface area contributed by atoms with Gasteiger partial charge in [0, 0.05) is 25.4 Å². The van der Waals surface area contributed by atoms with Crippen molar-refractivity contribution in [1.29, 1.82) is 0 Å². The summed E-state index contributed by atoms with van der Waals surface area (Å²) in [6.45, 7) is 6.01. The third-order valence-electron chi connectivity index (χ3n) is 6.87. The Labute approximate surface area is 235 Å². The number of nitrogens with zero attached hydrogens (tertiary/aromatic N) is 4. The number of aromatic nitrogens is 2. The van der Waals surface area contributed by atoms with Crippen LogP contribution in [0.25, 0.3) is 11.3 Å². The molecule has 0 aliphatic carbocycles. The fraction of sp³-hybridized carbons (Fsp3) is 0.167. The molecule has 11 heteroatoms. The van der Waals surface area contributed by atoms with Crippen molar-refractivity contribution in [3.63, 3.8) is 0 Å². The first-order valence-corrected chi connectivity index (χ1v) is 12.7. The van der Waals surface area contributed by atoms with E-state index in [4.69, 9.17) is 15.5 Å². The van der Waals surface area contributed by atoms with E-state index in [0.717, 1.165) is 11.3 Å². The number of benzene rings is 3. The molecule has 0 unspecified atom stereocenters. The Bertz CT molecular complexity index is 1700. The van der Waals surface area contributed by atoms with Crippen molar-refractivity contribution in [3.8, 4) is 5.69 Å². The van der Waals surface area contributed by atoms with Gasteiger partial charge in [0.05, 0.1) is 22.6 Å². The summed E-state index contributed by atoms with van der Waals surface area (Å²) in [4.78, 5) is 44.4. The maximum atomic E-state index is 14.1. The number of hydrogen-bond donors (Lipinski definition) is 3. The van der Waals surface area contributed by atoms with E-state index in [9.17, 15) is 9.59 Å². The Balaban J connectivity index is 1.67. The van der Waals surface area contributed by atoms with Crippen LogP contribution in [0.4, 0.5) is 22.9 Å². The Hall–Kier alpha value is -4.81. The number of aliphatic imine (C=N–C) groups is 1. The van der Waals surface area contributed by atoms with Gasteiger partial charge in [-0.25, -0.2) is 19.4 Å². The molecule has 0 saturated carbocycles. The lowest BCUT2D eigenvalue weighted by molar-refractivity contribution is -0.253. The number of carbonyl (C=O) groups excluding carboxylic acids is 1. The second-order valence-electron chi connectivity index (χ2n) is 9.80. The molecule has 1 amide bonds. The van der Waals surface area contributed by atoms with E-state index in [2.05, 4.69) is 21.5 Å². The second-order valence-corrected chi connectivity index (χ2v) is 9.80. The topological polar surface area (TPSA) is 133 Å². The van der Waals surface area contributed by atoms with E-state index in [1.54, 1.807) is 48.5 Å². The summed E-state index contributed by atoms with van der Waals surface area (Å²) < 4.78 is 1.33. The Morgan fingerprint density at radius 2 is 1.49 bits per heavy atom. The molecular weight excluding hydrogens is 526 g/mol. The number of rotatable bonds is 8. The van der Waals surface area contributed by atoms with E-state index in [-0.39, 0.29) is 35.9 Å². The van der Waals surface area contributed by atoms with Crippen LogP contribution in [0.2, 0.25) is 0 Å².